The van der Waals surface area contributed by atoms with Crippen LogP contribution in [-0.2, 0) is 9.53 Å². The van der Waals surface area contributed by atoms with Gasteiger partial charge in [0, 0.05) is 18.4 Å². The molecule has 1 atom stereocenters. The number of carbonyl (C=O) groups excluding carboxylic acids is 2. The molecule has 0 fully saturated rings. The number of amides is 1. The van der Waals surface area contributed by atoms with Gasteiger partial charge in [0.2, 0.25) is 0 Å². The van der Waals surface area contributed by atoms with Crippen molar-refractivity contribution in [1.29, 1.82) is 0 Å². The van der Waals surface area contributed by atoms with Crippen molar-refractivity contribution in [3.63, 3.8) is 0 Å². The fraction of sp³-hybridized carbons (Fsp3) is 0.176. The molecule has 2 aromatic rings. The van der Waals surface area contributed by atoms with E-state index < -0.39 is 6.10 Å². The van der Waals surface area contributed by atoms with Crippen LogP contribution < -0.4 is 5.32 Å². The van der Waals surface area contributed by atoms with Gasteiger partial charge in [-0.25, -0.2) is 0 Å². The van der Waals surface area contributed by atoms with E-state index in [2.05, 4.69) is 5.32 Å². The molecule has 0 heterocycles. The highest BCUT2D eigenvalue weighted by Gasteiger charge is 2.19. The Balaban J connectivity index is 2.16. The molecule has 0 aliphatic rings. The van der Waals surface area contributed by atoms with Crippen LogP contribution >= 0.6 is 0 Å². The van der Waals surface area contributed by atoms with Crippen molar-refractivity contribution in [3.8, 4) is 0 Å². The van der Waals surface area contributed by atoms with Gasteiger partial charge < -0.3 is 10.1 Å². The molecule has 21 heavy (non-hydrogen) atoms. The normalized spacial score (nSPS) is 11.7. The Bertz CT molecular complexity index is 637. The second-order valence-electron chi connectivity index (χ2n) is 4.65. The zero-order chi connectivity index (χ0) is 15.2. The number of carbonyl (C=O) groups is 2. The molecule has 0 unspecified atom stereocenters. The van der Waals surface area contributed by atoms with Crippen LogP contribution in [0.25, 0.3) is 0 Å². The molecule has 0 saturated heterocycles. The summed E-state index contributed by atoms with van der Waals surface area (Å²) in [5.41, 5.74) is 1.91. The zero-order valence-electron chi connectivity index (χ0n) is 12.0. The van der Waals surface area contributed by atoms with Gasteiger partial charge in [-0.1, -0.05) is 42.5 Å². The number of methoxy groups -OCH3 is 1. The van der Waals surface area contributed by atoms with Crippen molar-refractivity contribution < 1.29 is 14.3 Å². The predicted octanol–water partition coefficient (Wildman–Crippen LogP) is 3.22. The second-order valence-corrected chi connectivity index (χ2v) is 4.65. The number of ketones is 1. The maximum absolute atomic E-state index is 12.3. The van der Waals surface area contributed by atoms with Gasteiger partial charge in [0.25, 0.3) is 5.91 Å². The van der Waals surface area contributed by atoms with E-state index in [0.717, 1.165) is 5.56 Å². The number of ether oxygens (including phenoxy) is 1. The van der Waals surface area contributed by atoms with Gasteiger partial charge in [0.15, 0.2) is 11.9 Å². The number of hydrogen-bond acceptors (Lipinski definition) is 3. The third kappa shape index (κ3) is 3.77. The smallest absolute Gasteiger partial charge is 0.258 e. The van der Waals surface area contributed by atoms with Gasteiger partial charge in [-0.2, -0.15) is 0 Å². The molecule has 0 aromatic heterocycles. The van der Waals surface area contributed by atoms with Crippen LogP contribution in [0, 0.1) is 0 Å². The van der Waals surface area contributed by atoms with Crippen molar-refractivity contribution in [2.75, 3.05) is 12.4 Å². The van der Waals surface area contributed by atoms with E-state index >= 15 is 0 Å². The highest BCUT2D eigenvalue weighted by atomic mass is 16.5. The molecule has 1 N–H and O–H groups in total. The van der Waals surface area contributed by atoms with Crippen LogP contribution in [-0.4, -0.2) is 18.8 Å². The minimum Gasteiger partial charge on any atom is -0.367 e. The summed E-state index contributed by atoms with van der Waals surface area (Å²) in [6.45, 7) is 1.49. The predicted molar refractivity (Wildman–Crippen MR) is 81.3 cm³/mol. The summed E-state index contributed by atoms with van der Waals surface area (Å²) >= 11 is 0. The third-order valence-corrected chi connectivity index (χ3v) is 3.11. The number of anilines is 1. The van der Waals surface area contributed by atoms with Gasteiger partial charge in [0.05, 0.1) is 0 Å². The lowest BCUT2D eigenvalue weighted by Crippen LogP contribution is -2.22. The monoisotopic (exact) mass is 283 g/mol. The number of Topliss-reactive ketones (excluding diaryl/α,β-unsaturated/α-hetero) is 1. The van der Waals surface area contributed by atoms with E-state index in [0.29, 0.717) is 11.3 Å². The molecule has 0 saturated carbocycles. The van der Waals surface area contributed by atoms with Crippen LogP contribution in [0.4, 0.5) is 5.69 Å². The fourth-order valence-electron chi connectivity index (χ4n) is 2.05. The minimum atomic E-state index is -0.688. The average Bonchev–Trinajstić information content (AvgIpc) is 2.49. The largest absolute Gasteiger partial charge is 0.367 e. The first kappa shape index (κ1) is 14.9. The summed E-state index contributed by atoms with van der Waals surface area (Å²) < 4.78 is 5.27. The van der Waals surface area contributed by atoms with Crippen LogP contribution in [0.5, 0.6) is 0 Å². The van der Waals surface area contributed by atoms with E-state index in [9.17, 15) is 9.59 Å². The SMILES string of the molecule is CO[C@@H](C(=O)Nc1cccc(C(C)=O)c1)c1ccccc1. The lowest BCUT2D eigenvalue weighted by Gasteiger charge is -2.15. The van der Waals surface area contributed by atoms with Crippen LogP contribution in [0.15, 0.2) is 54.6 Å². The Labute approximate surface area is 123 Å². The maximum Gasteiger partial charge on any atom is 0.258 e. The van der Waals surface area contributed by atoms with E-state index in [1.165, 1.54) is 14.0 Å². The quantitative estimate of drug-likeness (QED) is 0.857. The number of nitrogens with one attached hydrogen (secondary N) is 1. The Morgan fingerprint density at radius 2 is 1.76 bits per heavy atom. The second kappa shape index (κ2) is 6.81. The molecule has 2 aromatic carbocycles. The molecular weight excluding hydrogens is 266 g/mol. The average molecular weight is 283 g/mol. The summed E-state index contributed by atoms with van der Waals surface area (Å²) in [5, 5.41) is 2.77. The Kier molecular flexibility index (Phi) is 4.85. The van der Waals surface area contributed by atoms with Crippen LogP contribution in [0.2, 0.25) is 0 Å². The fourth-order valence-corrected chi connectivity index (χ4v) is 2.05. The summed E-state index contributed by atoms with van der Waals surface area (Å²) in [5.74, 6) is -0.318. The highest BCUT2D eigenvalue weighted by Crippen LogP contribution is 2.19. The molecule has 0 radical (unpaired) electrons. The van der Waals surface area contributed by atoms with Gasteiger partial charge >= 0.3 is 0 Å². The van der Waals surface area contributed by atoms with Gasteiger partial charge in [0.1, 0.15) is 0 Å². The van der Waals surface area contributed by atoms with E-state index in [1.807, 2.05) is 30.3 Å². The Morgan fingerprint density at radius 3 is 2.38 bits per heavy atom. The van der Waals surface area contributed by atoms with Gasteiger partial charge in [-0.3, -0.25) is 9.59 Å². The first-order chi connectivity index (χ1) is 10.1. The first-order valence-electron chi connectivity index (χ1n) is 6.61. The molecule has 4 heteroatoms. The molecule has 0 spiro atoms. The summed E-state index contributed by atoms with van der Waals surface area (Å²) in [7, 11) is 1.49. The summed E-state index contributed by atoms with van der Waals surface area (Å²) in [6, 6.07) is 16.1. The van der Waals surface area contributed by atoms with Crippen LogP contribution in [0.3, 0.4) is 0 Å². The van der Waals surface area contributed by atoms with Crippen LogP contribution in [0.1, 0.15) is 28.9 Å². The summed E-state index contributed by atoms with van der Waals surface area (Å²) in [6.07, 6.45) is -0.688. The Hall–Kier alpha value is -2.46. The van der Waals surface area contributed by atoms with E-state index in [4.69, 9.17) is 4.74 Å². The molecule has 108 valence electrons. The lowest BCUT2D eigenvalue weighted by molar-refractivity contribution is -0.126. The number of benzene rings is 2. The maximum atomic E-state index is 12.3. The minimum absolute atomic E-state index is 0.0440. The topological polar surface area (TPSA) is 55.4 Å². The molecule has 0 aliphatic heterocycles. The molecule has 2 rings (SSSR count). The van der Waals surface area contributed by atoms with E-state index in [-0.39, 0.29) is 11.7 Å². The molecule has 0 bridgehead atoms. The zero-order valence-corrected chi connectivity index (χ0v) is 12.0. The molecule has 1 amide bonds. The van der Waals surface area contributed by atoms with Gasteiger partial charge in [-0.05, 0) is 24.6 Å². The molecule has 4 nitrogen and oxygen atoms in total. The standard InChI is InChI=1S/C17H17NO3/c1-12(19)14-9-6-10-15(11-14)18-17(20)16(21-2)13-7-4-3-5-8-13/h3-11,16H,1-2H3,(H,18,20)/t16-/m1/s1. The van der Waals surface area contributed by atoms with Gasteiger partial charge in [-0.15, -0.1) is 0 Å². The van der Waals surface area contributed by atoms with Crippen molar-refractivity contribution in [2.24, 2.45) is 0 Å². The third-order valence-electron chi connectivity index (χ3n) is 3.11. The first-order valence-corrected chi connectivity index (χ1v) is 6.61. The van der Waals surface area contributed by atoms with Crippen molar-refractivity contribution in [3.05, 3.63) is 65.7 Å². The Morgan fingerprint density at radius 1 is 1.05 bits per heavy atom. The molecular formula is C17H17NO3. The lowest BCUT2D eigenvalue weighted by atomic mass is 10.1. The number of rotatable bonds is 5. The van der Waals surface area contributed by atoms with Crippen molar-refractivity contribution >= 4 is 17.4 Å². The van der Waals surface area contributed by atoms with Crippen molar-refractivity contribution in [1.82, 2.24) is 0 Å². The highest BCUT2D eigenvalue weighted by molar-refractivity contribution is 5.98. The van der Waals surface area contributed by atoms with Crippen molar-refractivity contribution in [2.45, 2.75) is 13.0 Å². The van der Waals surface area contributed by atoms with E-state index in [1.54, 1.807) is 24.3 Å². The summed E-state index contributed by atoms with van der Waals surface area (Å²) in [4.78, 5) is 23.7. The molecule has 0 aliphatic carbocycles. The number of hydrogen-bond donors (Lipinski definition) is 1.